The van der Waals surface area contributed by atoms with Crippen LogP contribution in [0, 0.1) is 12.8 Å². The number of piperidine rings is 1. The molecule has 1 amide bonds. The lowest BCUT2D eigenvalue weighted by atomic mass is 9.92. The summed E-state index contributed by atoms with van der Waals surface area (Å²) in [5.74, 6) is 1.02. The number of amides is 1. The zero-order valence-electron chi connectivity index (χ0n) is 14.6. The second kappa shape index (κ2) is 7.14. The molecule has 1 aromatic rings. The van der Waals surface area contributed by atoms with E-state index < -0.39 is 0 Å². The number of hydrogen-bond donors (Lipinski definition) is 0. The SMILES string of the molecule is Cc1ccc(CN2CC[C@@H]3[C@H]2CCC(=O)N3CC2CCOCC2)s1. The fourth-order valence-electron chi connectivity index (χ4n) is 4.65. The number of carbonyl (C=O) groups excluding carboxylic acids is 1. The van der Waals surface area contributed by atoms with Crippen LogP contribution >= 0.6 is 11.3 Å². The van der Waals surface area contributed by atoms with Crippen LogP contribution in [-0.2, 0) is 16.1 Å². The van der Waals surface area contributed by atoms with Gasteiger partial charge in [0.25, 0.3) is 0 Å². The van der Waals surface area contributed by atoms with E-state index in [0.717, 1.165) is 65.0 Å². The van der Waals surface area contributed by atoms with Crippen LogP contribution in [0.15, 0.2) is 12.1 Å². The minimum Gasteiger partial charge on any atom is -0.381 e. The summed E-state index contributed by atoms with van der Waals surface area (Å²) in [6.45, 7) is 7.04. The number of hydrogen-bond acceptors (Lipinski definition) is 4. The number of likely N-dealkylation sites (tertiary alicyclic amines) is 2. The minimum absolute atomic E-state index is 0.386. The Morgan fingerprint density at radius 2 is 2.00 bits per heavy atom. The molecule has 0 spiro atoms. The van der Waals surface area contributed by atoms with Gasteiger partial charge < -0.3 is 9.64 Å². The Labute approximate surface area is 148 Å². The molecule has 132 valence electrons. The zero-order chi connectivity index (χ0) is 16.5. The molecule has 3 aliphatic heterocycles. The fraction of sp³-hybridized carbons (Fsp3) is 0.737. The quantitative estimate of drug-likeness (QED) is 0.838. The highest BCUT2D eigenvalue weighted by Crippen LogP contribution is 2.34. The normalized spacial score (nSPS) is 29.2. The monoisotopic (exact) mass is 348 g/mol. The van der Waals surface area contributed by atoms with Crippen molar-refractivity contribution in [1.29, 1.82) is 0 Å². The predicted octanol–water partition coefficient (Wildman–Crippen LogP) is 3.05. The van der Waals surface area contributed by atoms with E-state index in [1.165, 1.54) is 9.75 Å². The Hall–Kier alpha value is -0.910. The molecule has 24 heavy (non-hydrogen) atoms. The predicted molar refractivity (Wildman–Crippen MR) is 96.1 cm³/mol. The molecule has 0 aliphatic carbocycles. The molecule has 0 bridgehead atoms. The van der Waals surface area contributed by atoms with E-state index >= 15 is 0 Å². The standard InChI is InChI=1S/C19H28N2O2S/c1-14-2-3-16(24-14)13-20-9-6-18-17(20)4-5-19(22)21(18)12-15-7-10-23-11-8-15/h2-3,15,17-18H,4-13H2,1H3/t17-,18-/m1/s1. The van der Waals surface area contributed by atoms with E-state index in [4.69, 9.17) is 4.74 Å². The van der Waals surface area contributed by atoms with Crippen LogP contribution in [0.25, 0.3) is 0 Å². The summed E-state index contributed by atoms with van der Waals surface area (Å²) in [5.41, 5.74) is 0. The lowest BCUT2D eigenvalue weighted by molar-refractivity contribution is -0.139. The molecule has 4 heterocycles. The van der Waals surface area contributed by atoms with Gasteiger partial charge in [-0.1, -0.05) is 0 Å². The molecule has 5 heteroatoms. The molecule has 3 fully saturated rings. The Kier molecular flexibility index (Phi) is 4.93. The number of aryl methyl sites for hydroxylation is 1. The molecule has 0 saturated carbocycles. The largest absolute Gasteiger partial charge is 0.381 e. The molecular weight excluding hydrogens is 320 g/mol. The molecule has 1 aromatic heterocycles. The average Bonchev–Trinajstić information content (AvgIpc) is 3.18. The van der Waals surface area contributed by atoms with E-state index in [9.17, 15) is 4.79 Å². The van der Waals surface area contributed by atoms with Gasteiger partial charge in [-0.05, 0) is 50.7 Å². The van der Waals surface area contributed by atoms with Crippen LogP contribution in [0.4, 0.5) is 0 Å². The van der Waals surface area contributed by atoms with Crippen LogP contribution in [0.3, 0.4) is 0 Å². The first-order valence-corrected chi connectivity index (χ1v) is 10.2. The summed E-state index contributed by atoms with van der Waals surface area (Å²) in [5, 5.41) is 0. The summed E-state index contributed by atoms with van der Waals surface area (Å²) < 4.78 is 5.48. The minimum atomic E-state index is 0.386. The number of rotatable bonds is 4. The van der Waals surface area contributed by atoms with Gasteiger partial charge in [-0.3, -0.25) is 9.69 Å². The summed E-state index contributed by atoms with van der Waals surface area (Å²) in [7, 11) is 0. The molecule has 4 nitrogen and oxygen atoms in total. The zero-order valence-corrected chi connectivity index (χ0v) is 15.4. The highest BCUT2D eigenvalue weighted by atomic mass is 32.1. The van der Waals surface area contributed by atoms with Crippen molar-refractivity contribution in [1.82, 2.24) is 9.80 Å². The van der Waals surface area contributed by atoms with Crippen LogP contribution < -0.4 is 0 Å². The number of nitrogens with zero attached hydrogens (tertiary/aromatic N) is 2. The van der Waals surface area contributed by atoms with Crippen LogP contribution in [-0.4, -0.2) is 54.1 Å². The average molecular weight is 349 g/mol. The Morgan fingerprint density at radius 1 is 1.17 bits per heavy atom. The van der Waals surface area contributed by atoms with Gasteiger partial charge in [0.2, 0.25) is 5.91 Å². The Morgan fingerprint density at radius 3 is 2.75 bits per heavy atom. The van der Waals surface area contributed by atoms with E-state index in [1.807, 2.05) is 11.3 Å². The summed E-state index contributed by atoms with van der Waals surface area (Å²) >= 11 is 1.91. The topological polar surface area (TPSA) is 32.8 Å². The summed E-state index contributed by atoms with van der Waals surface area (Å²) in [6, 6.07) is 5.48. The summed E-state index contributed by atoms with van der Waals surface area (Å²) in [4.78, 5) is 20.3. The van der Waals surface area contributed by atoms with Gasteiger partial charge in [0.1, 0.15) is 0 Å². The van der Waals surface area contributed by atoms with Crippen molar-refractivity contribution in [2.45, 2.75) is 57.7 Å². The van der Waals surface area contributed by atoms with Gasteiger partial charge in [-0.2, -0.15) is 0 Å². The molecule has 0 radical (unpaired) electrons. The van der Waals surface area contributed by atoms with Crippen LogP contribution in [0.1, 0.15) is 41.9 Å². The number of fused-ring (bicyclic) bond motifs is 1. The van der Waals surface area contributed by atoms with Gasteiger partial charge in [0.15, 0.2) is 0 Å². The maximum atomic E-state index is 12.6. The first-order chi connectivity index (χ1) is 11.7. The van der Waals surface area contributed by atoms with Crippen molar-refractivity contribution in [3.8, 4) is 0 Å². The second-order valence-electron chi connectivity index (χ2n) is 7.55. The molecule has 0 unspecified atom stereocenters. The molecule has 4 rings (SSSR count). The van der Waals surface area contributed by atoms with E-state index in [0.29, 0.717) is 23.9 Å². The molecule has 0 N–H and O–H groups in total. The number of ether oxygens (including phenoxy) is 1. The highest BCUT2D eigenvalue weighted by molar-refractivity contribution is 7.11. The van der Waals surface area contributed by atoms with Gasteiger partial charge in [0, 0.05) is 61.1 Å². The van der Waals surface area contributed by atoms with Gasteiger partial charge >= 0.3 is 0 Å². The van der Waals surface area contributed by atoms with E-state index in [1.54, 1.807) is 0 Å². The lowest BCUT2D eigenvalue weighted by Crippen LogP contribution is -2.53. The second-order valence-corrected chi connectivity index (χ2v) is 8.92. The fourth-order valence-corrected chi connectivity index (χ4v) is 5.57. The third-order valence-corrected chi connectivity index (χ3v) is 6.94. The first kappa shape index (κ1) is 16.6. The van der Waals surface area contributed by atoms with Gasteiger partial charge in [-0.15, -0.1) is 11.3 Å². The maximum Gasteiger partial charge on any atom is 0.222 e. The molecule has 0 aromatic carbocycles. The Balaban J connectivity index is 1.42. The smallest absolute Gasteiger partial charge is 0.222 e. The van der Waals surface area contributed by atoms with Crippen molar-refractivity contribution < 1.29 is 9.53 Å². The molecule has 3 aliphatic rings. The van der Waals surface area contributed by atoms with Gasteiger partial charge in [0.05, 0.1) is 0 Å². The Bertz CT molecular complexity index is 582. The van der Waals surface area contributed by atoms with E-state index in [2.05, 4.69) is 28.9 Å². The van der Waals surface area contributed by atoms with Crippen LogP contribution in [0.2, 0.25) is 0 Å². The molecule has 2 atom stereocenters. The number of carbonyl (C=O) groups is 1. The van der Waals surface area contributed by atoms with Crippen molar-refractivity contribution in [2.24, 2.45) is 5.92 Å². The molecular formula is C19H28N2O2S. The van der Waals surface area contributed by atoms with Gasteiger partial charge in [-0.25, -0.2) is 0 Å². The lowest BCUT2D eigenvalue weighted by Gasteiger charge is -2.42. The third kappa shape index (κ3) is 3.39. The van der Waals surface area contributed by atoms with Crippen molar-refractivity contribution in [3.63, 3.8) is 0 Å². The number of thiophene rings is 1. The van der Waals surface area contributed by atoms with Crippen LogP contribution in [0.5, 0.6) is 0 Å². The van der Waals surface area contributed by atoms with Crippen molar-refractivity contribution in [3.05, 3.63) is 21.9 Å². The molecule has 3 saturated heterocycles. The van der Waals surface area contributed by atoms with Crippen molar-refractivity contribution in [2.75, 3.05) is 26.3 Å². The maximum absolute atomic E-state index is 12.6. The van der Waals surface area contributed by atoms with Crippen molar-refractivity contribution >= 4 is 17.2 Å². The summed E-state index contributed by atoms with van der Waals surface area (Å²) in [6.07, 6.45) is 5.13. The first-order valence-electron chi connectivity index (χ1n) is 9.37. The highest BCUT2D eigenvalue weighted by Gasteiger charge is 2.43. The third-order valence-electron chi connectivity index (χ3n) is 5.95. The van der Waals surface area contributed by atoms with E-state index in [-0.39, 0.29) is 0 Å².